The SMILES string of the molecule is O=C(NC1=NCCS1)C1=NCCCN1. The Bertz CT molecular complexity index is 300. The zero-order chi connectivity index (χ0) is 9.80. The van der Waals surface area contributed by atoms with Crippen LogP contribution in [0.15, 0.2) is 9.98 Å². The first-order chi connectivity index (χ1) is 6.86. The lowest BCUT2D eigenvalue weighted by Gasteiger charge is -2.13. The summed E-state index contributed by atoms with van der Waals surface area (Å²) >= 11 is 1.57. The van der Waals surface area contributed by atoms with Crippen LogP contribution in [0.4, 0.5) is 0 Å². The second-order valence-corrected chi connectivity index (χ2v) is 4.08. The lowest BCUT2D eigenvalue weighted by atomic mass is 10.3. The van der Waals surface area contributed by atoms with Crippen molar-refractivity contribution in [2.75, 3.05) is 25.4 Å². The Kier molecular flexibility index (Phi) is 3.03. The number of nitrogens with zero attached hydrogens (tertiary/aromatic N) is 2. The molecule has 0 saturated carbocycles. The van der Waals surface area contributed by atoms with Crippen molar-refractivity contribution in [1.82, 2.24) is 10.6 Å². The molecule has 0 fully saturated rings. The number of nitrogens with one attached hydrogen (secondary N) is 2. The van der Waals surface area contributed by atoms with Crippen molar-refractivity contribution in [2.45, 2.75) is 6.42 Å². The standard InChI is InChI=1S/C8H12N4OS/c13-7(6-9-2-1-3-10-6)12-8-11-4-5-14-8/h1-5H2,(H,9,10)(H,11,12,13). The summed E-state index contributed by atoms with van der Waals surface area (Å²) in [4.78, 5) is 19.8. The van der Waals surface area contributed by atoms with Gasteiger partial charge in [-0.1, -0.05) is 11.8 Å². The second-order valence-electron chi connectivity index (χ2n) is 3.00. The normalized spacial score (nSPS) is 20.9. The van der Waals surface area contributed by atoms with E-state index in [4.69, 9.17) is 0 Å². The summed E-state index contributed by atoms with van der Waals surface area (Å²) in [5.41, 5.74) is 0. The van der Waals surface area contributed by atoms with Crippen LogP contribution in [0.3, 0.4) is 0 Å². The lowest BCUT2D eigenvalue weighted by molar-refractivity contribution is -0.113. The fraction of sp³-hybridized carbons (Fsp3) is 0.625. The maximum atomic E-state index is 11.6. The van der Waals surface area contributed by atoms with E-state index in [9.17, 15) is 4.79 Å². The predicted molar refractivity (Wildman–Crippen MR) is 57.8 cm³/mol. The van der Waals surface area contributed by atoms with Gasteiger partial charge in [-0.15, -0.1) is 0 Å². The average molecular weight is 212 g/mol. The van der Waals surface area contributed by atoms with Crippen LogP contribution in [-0.4, -0.2) is 42.3 Å². The molecule has 2 N–H and O–H groups in total. The minimum absolute atomic E-state index is 0.169. The molecule has 0 radical (unpaired) electrons. The molecule has 2 heterocycles. The highest BCUT2D eigenvalue weighted by Crippen LogP contribution is 2.08. The molecular formula is C8H12N4OS. The van der Waals surface area contributed by atoms with E-state index in [0.29, 0.717) is 11.0 Å². The first kappa shape index (κ1) is 9.51. The van der Waals surface area contributed by atoms with E-state index in [2.05, 4.69) is 20.6 Å². The summed E-state index contributed by atoms with van der Waals surface area (Å²) in [6.07, 6.45) is 0.993. The van der Waals surface area contributed by atoms with E-state index in [1.54, 1.807) is 11.8 Å². The van der Waals surface area contributed by atoms with E-state index in [-0.39, 0.29) is 5.91 Å². The van der Waals surface area contributed by atoms with Crippen molar-refractivity contribution in [2.24, 2.45) is 9.98 Å². The summed E-state index contributed by atoms with van der Waals surface area (Å²) < 4.78 is 0. The molecule has 0 aromatic heterocycles. The topological polar surface area (TPSA) is 65.8 Å². The minimum atomic E-state index is -0.169. The van der Waals surface area contributed by atoms with Crippen LogP contribution in [0.25, 0.3) is 0 Å². The van der Waals surface area contributed by atoms with Crippen LogP contribution in [-0.2, 0) is 4.79 Å². The van der Waals surface area contributed by atoms with E-state index in [1.807, 2.05) is 0 Å². The van der Waals surface area contributed by atoms with Gasteiger partial charge in [-0.05, 0) is 6.42 Å². The predicted octanol–water partition coefficient (Wildman–Crippen LogP) is -0.403. The summed E-state index contributed by atoms with van der Waals surface area (Å²) in [7, 11) is 0. The van der Waals surface area contributed by atoms with Gasteiger partial charge in [0.05, 0.1) is 6.54 Å². The molecule has 76 valence electrons. The minimum Gasteiger partial charge on any atom is -0.366 e. The average Bonchev–Trinajstić information content (AvgIpc) is 2.72. The molecule has 0 bridgehead atoms. The van der Waals surface area contributed by atoms with Gasteiger partial charge in [-0.3, -0.25) is 20.1 Å². The lowest BCUT2D eigenvalue weighted by Crippen LogP contribution is -2.44. The van der Waals surface area contributed by atoms with E-state index < -0.39 is 0 Å². The number of amidine groups is 2. The van der Waals surface area contributed by atoms with Crippen molar-refractivity contribution in [3.05, 3.63) is 0 Å². The second kappa shape index (κ2) is 4.45. The quantitative estimate of drug-likeness (QED) is 0.621. The van der Waals surface area contributed by atoms with E-state index in [1.165, 1.54) is 0 Å². The zero-order valence-electron chi connectivity index (χ0n) is 7.75. The van der Waals surface area contributed by atoms with Gasteiger partial charge in [-0.2, -0.15) is 0 Å². The highest BCUT2D eigenvalue weighted by Gasteiger charge is 2.16. The first-order valence-electron chi connectivity index (χ1n) is 4.63. The van der Waals surface area contributed by atoms with Gasteiger partial charge in [0.2, 0.25) is 0 Å². The van der Waals surface area contributed by atoms with Gasteiger partial charge < -0.3 is 5.32 Å². The largest absolute Gasteiger partial charge is 0.366 e. The Morgan fingerprint density at radius 3 is 3.00 bits per heavy atom. The highest BCUT2D eigenvalue weighted by molar-refractivity contribution is 8.14. The maximum Gasteiger partial charge on any atom is 0.292 e. The summed E-state index contributed by atoms with van der Waals surface area (Å²) in [5.74, 6) is 1.22. The van der Waals surface area contributed by atoms with Crippen LogP contribution < -0.4 is 10.6 Å². The summed E-state index contributed by atoms with van der Waals surface area (Å²) in [5, 5.41) is 6.41. The smallest absolute Gasteiger partial charge is 0.292 e. The third-order valence-corrected chi connectivity index (χ3v) is 2.81. The number of hydrogen-bond acceptors (Lipinski definition) is 5. The zero-order valence-corrected chi connectivity index (χ0v) is 8.56. The molecule has 5 nitrogen and oxygen atoms in total. The van der Waals surface area contributed by atoms with Crippen molar-refractivity contribution in [3.63, 3.8) is 0 Å². The number of aliphatic imine (C=N–C) groups is 2. The van der Waals surface area contributed by atoms with Crippen LogP contribution in [0, 0.1) is 0 Å². The van der Waals surface area contributed by atoms with Gasteiger partial charge >= 0.3 is 0 Å². The van der Waals surface area contributed by atoms with Crippen LogP contribution >= 0.6 is 11.8 Å². The molecule has 2 aliphatic heterocycles. The van der Waals surface area contributed by atoms with E-state index in [0.717, 1.165) is 31.8 Å². The number of thioether (sulfide) groups is 1. The van der Waals surface area contributed by atoms with Crippen LogP contribution in [0.5, 0.6) is 0 Å². The molecular weight excluding hydrogens is 200 g/mol. The molecule has 0 atom stereocenters. The van der Waals surface area contributed by atoms with E-state index >= 15 is 0 Å². The number of rotatable bonds is 1. The third kappa shape index (κ3) is 2.25. The van der Waals surface area contributed by atoms with Gasteiger partial charge in [0.15, 0.2) is 11.0 Å². The molecule has 0 spiro atoms. The molecule has 0 saturated heterocycles. The van der Waals surface area contributed by atoms with Crippen molar-refractivity contribution in [1.29, 1.82) is 0 Å². The van der Waals surface area contributed by atoms with Crippen LogP contribution in [0.2, 0.25) is 0 Å². The fourth-order valence-corrected chi connectivity index (χ4v) is 1.98. The molecule has 0 unspecified atom stereocenters. The Morgan fingerprint density at radius 1 is 1.43 bits per heavy atom. The van der Waals surface area contributed by atoms with Gasteiger partial charge in [0.25, 0.3) is 5.91 Å². The van der Waals surface area contributed by atoms with Gasteiger partial charge in [-0.25, -0.2) is 0 Å². The first-order valence-corrected chi connectivity index (χ1v) is 5.62. The maximum absolute atomic E-state index is 11.6. The molecule has 2 aliphatic rings. The Balaban J connectivity index is 1.91. The molecule has 0 aromatic carbocycles. The number of carbonyl (C=O) groups is 1. The Hall–Kier alpha value is -1.04. The summed E-state index contributed by atoms with van der Waals surface area (Å²) in [6, 6.07) is 0. The molecule has 0 aromatic rings. The van der Waals surface area contributed by atoms with Crippen molar-refractivity contribution in [3.8, 4) is 0 Å². The monoisotopic (exact) mass is 212 g/mol. The molecule has 2 rings (SSSR count). The third-order valence-electron chi connectivity index (χ3n) is 1.92. The van der Waals surface area contributed by atoms with Gasteiger partial charge in [0.1, 0.15) is 0 Å². The van der Waals surface area contributed by atoms with Gasteiger partial charge in [0, 0.05) is 18.8 Å². The molecule has 14 heavy (non-hydrogen) atoms. The number of amides is 1. The fourth-order valence-electron chi connectivity index (χ4n) is 1.25. The number of hydrogen-bond donors (Lipinski definition) is 2. The summed E-state index contributed by atoms with van der Waals surface area (Å²) in [6.45, 7) is 2.35. The number of carbonyl (C=O) groups excluding carboxylic acids is 1. The highest BCUT2D eigenvalue weighted by atomic mass is 32.2. The van der Waals surface area contributed by atoms with Crippen molar-refractivity contribution >= 4 is 28.7 Å². The molecule has 0 aliphatic carbocycles. The molecule has 1 amide bonds. The molecule has 6 heteroatoms. The van der Waals surface area contributed by atoms with Crippen LogP contribution in [0.1, 0.15) is 6.42 Å². The van der Waals surface area contributed by atoms with Crippen molar-refractivity contribution < 1.29 is 4.79 Å². The Labute approximate surface area is 86.5 Å². The Morgan fingerprint density at radius 2 is 2.36 bits per heavy atom.